The number of fused-ring (bicyclic) bond motifs is 6. The van der Waals surface area contributed by atoms with Gasteiger partial charge < -0.3 is 15.5 Å². The van der Waals surface area contributed by atoms with E-state index in [9.17, 15) is 18.6 Å². The number of phenolic OH excluding ortho intramolecular Hbond substituents is 1. The van der Waals surface area contributed by atoms with Gasteiger partial charge in [-0.3, -0.25) is 0 Å². The summed E-state index contributed by atoms with van der Waals surface area (Å²) in [7, 11) is -0.762. The van der Waals surface area contributed by atoms with Gasteiger partial charge in [-0.2, -0.15) is 0 Å². The Balaban J connectivity index is 1.14. The Kier molecular flexibility index (Phi) is 6.60. The van der Waals surface area contributed by atoms with Crippen molar-refractivity contribution in [3.63, 3.8) is 0 Å². The first-order chi connectivity index (χ1) is 19.0. The van der Waals surface area contributed by atoms with Gasteiger partial charge in [0.15, 0.2) is 11.0 Å². The van der Waals surface area contributed by atoms with Gasteiger partial charge in [0.2, 0.25) is 10.0 Å². The molecule has 5 atom stereocenters. The second kappa shape index (κ2) is 9.75. The van der Waals surface area contributed by atoms with Crippen molar-refractivity contribution in [2.75, 3.05) is 26.0 Å². The van der Waals surface area contributed by atoms with E-state index in [1.807, 2.05) is 12.1 Å². The van der Waals surface area contributed by atoms with Crippen LogP contribution in [-0.2, 0) is 16.4 Å². The van der Waals surface area contributed by atoms with Crippen LogP contribution in [0.25, 0.3) is 11.0 Å². The molecule has 0 amide bonds. The molecule has 2 saturated carbocycles. The fraction of sp³-hybridized carbons (Fsp3) is 0.533. The highest BCUT2D eigenvalue weighted by Crippen LogP contribution is 2.64. The smallest absolute Gasteiger partial charge is 0.244 e. The first-order valence-corrected chi connectivity index (χ1v) is 15.4. The van der Waals surface area contributed by atoms with Gasteiger partial charge in [0.25, 0.3) is 0 Å². The predicted octanol–water partition coefficient (Wildman–Crippen LogP) is 4.27. The number of aliphatic hydroxyl groups is 1. The van der Waals surface area contributed by atoms with Gasteiger partial charge in [0, 0.05) is 32.5 Å². The molecule has 9 nitrogen and oxygen atoms in total. The zero-order valence-corrected chi connectivity index (χ0v) is 24.0. The number of aromatic nitrogens is 2. The molecular formula is C30H36N4O5S. The van der Waals surface area contributed by atoms with E-state index in [0.717, 1.165) is 36.4 Å². The lowest BCUT2D eigenvalue weighted by atomic mass is 9.53. The van der Waals surface area contributed by atoms with Gasteiger partial charge in [0.05, 0.1) is 5.69 Å². The lowest BCUT2D eigenvalue weighted by molar-refractivity contribution is -0.0648. The number of phenols is 1. The summed E-state index contributed by atoms with van der Waals surface area (Å²) < 4.78 is 31.2. The molecule has 40 heavy (non-hydrogen) atoms. The lowest BCUT2D eigenvalue weighted by Gasteiger charge is -2.52. The van der Waals surface area contributed by atoms with E-state index in [1.165, 1.54) is 31.3 Å². The molecule has 2 fully saturated rings. The van der Waals surface area contributed by atoms with Crippen LogP contribution in [0.4, 0.5) is 5.69 Å². The highest BCUT2D eigenvalue weighted by atomic mass is 32.2. The Hall–Kier alpha value is -3.13. The molecule has 3 N–H and O–H groups in total. The molecule has 0 radical (unpaired) electrons. The number of anilines is 1. The maximum Gasteiger partial charge on any atom is 0.244 e. The average molecular weight is 565 g/mol. The second-order valence-electron chi connectivity index (χ2n) is 12.0. The lowest BCUT2D eigenvalue weighted by Crippen LogP contribution is -2.50. The predicted molar refractivity (Wildman–Crippen MR) is 151 cm³/mol. The Morgan fingerprint density at radius 1 is 1.12 bits per heavy atom. The highest BCUT2D eigenvalue weighted by molar-refractivity contribution is 7.89. The summed E-state index contributed by atoms with van der Waals surface area (Å²) in [4.78, 5) is 0.0414. The molecule has 2 aromatic carbocycles. The molecule has 1 aromatic heterocycles. The maximum absolute atomic E-state index is 12.6. The summed E-state index contributed by atoms with van der Waals surface area (Å²) in [5, 5.41) is 32.8. The number of hydrogen-bond donors (Lipinski definition) is 3. The van der Waals surface area contributed by atoms with E-state index >= 15 is 0 Å². The van der Waals surface area contributed by atoms with Gasteiger partial charge in [-0.25, -0.2) is 17.4 Å². The van der Waals surface area contributed by atoms with Crippen LogP contribution in [0.3, 0.4) is 0 Å². The van der Waals surface area contributed by atoms with Crippen molar-refractivity contribution in [1.29, 1.82) is 0 Å². The molecule has 0 bridgehead atoms. The van der Waals surface area contributed by atoms with Crippen molar-refractivity contribution in [3.05, 3.63) is 41.5 Å². The van der Waals surface area contributed by atoms with Crippen molar-refractivity contribution >= 4 is 26.7 Å². The van der Waals surface area contributed by atoms with Crippen LogP contribution < -0.4 is 5.32 Å². The molecule has 6 rings (SSSR count). The summed E-state index contributed by atoms with van der Waals surface area (Å²) in [6.07, 6.45) is 6.21. The number of nitrogens with zero attached hydrogens (tertiary/aromatic N) is 3. The number of hydrogen-bond acceptors (Lipinski definition) is 8. The van der Waals surface area contributed by atoms with Crippen LogP contribution in [0.2, 0.25) is 0 Å². The molecule has 0 aliphatic heterocycles. The van der Waals surface area contributed by atoms with Crippen molar-refractivity contribution in [3.8, 4) is 17.6 Å². The minimum absolute atomic E-state index is 0.0414. The van der Waals surface area contributed by atoms with Crippen LogP contribution in [0.5, 0.6) is 5.75 Å². The van der Waals surface area contributed by atoms with E-state index in [4.69, 9.17) is 4.63 Å². The monoisotopic (exact) mass is 564 g/mol. The Labute approximate surface area is 235 Å². The fourth-order valence-corrected chi connectivity index (χ4v) is 8.66. The van der Waals surface area contributed by atoms with Gasteiger partial charge in [-0.05, 0) is 102 Å². The number of nitrogens with one attached hydrogen (secondary N) is 1. The van der Waals surface area contributed by atoms with E-state index in [-0.39, 0.29) is 15.8 Å². The zero-order chi connectivity index (χ0) is 28.3. The summed E-state index contributed by atoms with van der Waals surface area (Å²) in [6.45, 7) is 2.73. The highest BCUT2D eigenvalue weighted by Gasteiger charge is 2.61. The van der Waals surface area contributed by atoms with Crippen molar-refractivity contribution < 1.29 is 23.3 Å². The normalized spacial score (nSPS) is 29.4. The summed E-state index contributed by atoms with van der Waals surface area (Å²) in [5.74, 6) is 8.30. The van der Waals surface area contributed by atoms with E-state index in [0.29, 0.717) is 54.1 Å². The van der Waals surface area contributed by atoms with Gasteiger partial charge in [0.1, 0.15) is 16.2 Å². The minimum Gasteiger partial charge on any atom is -0.508 e. The Morgan fingerprint density at radius 3 is 2.73 bits per heavy atom. The van der Waals surface area contributed by atoms with E-state index in [1.54, 1.807) is 6.07 Å². The molecule has 212 valence electrons. The molecule has 3 aliphatic carbocycles. The topological polar surface area (TPSA) is 129 Å². The third kappa shape index (κ3) is 4.18. The van der Waals surface area contributed by atoms with Crippen molar-refractivity contribution in [2.45, 2.75) is 68.3 Å². The summed E-state index contributed by atoms with van der Waals surface area (Å²) >= 11 is 0. The quantitative estimate of drug-likeness (QED) is 0.310. The van der Waals surface area contributed by atoms with Crippen molar-refractivity contribution in [2.24, 2.45) is 17.3 Å². The molecule has 1 heterocycles. The molecule has 10 heteroatoms. The van der Waals surface area contributed by atoms with Crippen LogP contribution in [0.1, 0.15) is 62.5 Å². The van der Waals surface area contributed by atoms with Gasteiger partial charge in [-0.15, -0.1) is 0 Å². The maximum atomic E-state index is 12.6. The standard InChI is InChI=1S/C30H36N4O5S/c1-29-15-12-22-21-9-7-20(35)18-19(21)6-8-23(22)24(29)13-16-30(29,36)14-4-5-17-31-25-10-11-26(40(37,38)34(2)3)28-27(25)32-39-33-28/h7,9-11,18,22-24,31,35-36H,5-6,8,12-13,15-17H2,1-3H3/t22-,23-,24+,29+,30+/m1/s1. The molecule has 0 spiro atoms. The Bertz CT molecular complexity index is 1620. The first kappa shape index (κ1) is 27.1. The molecule has 0 unspecified atom stereocenters. The van der Waals surface area contributed by atoms with Crippen LogP contribution in [0.15, 0.2) is 39.9 Å². The first-order valence-electron chi connectivity index (χ1n) is 14.0. The third-order valence-corrected chi connectivity index (χ3v) is 11.7. The number of aromatic hydroxyl groups is 1. The van der Waals surface area contributed by atoms with Crippen molar-refractivity contribution in [1.82, 2.24) is 14.6 Å². The largest absolute Gasteiger partial charge is 0.508 e. The third-order valence-electron chi connectivity index (χ3n) is 9.86. The fourth-order valence-electron chi connectivity index (χ4n) is 7.65. The van der Waals surface area contributed by atoms with E-state index < -0.39 is 15.6 Å². The Morgan fingerprint density at radius 2 is 1.93 bits per heavy atom. The van der Waals surface area contributed by atoms with Crippen LogP contribution in [-0.4, -0.2) is 59.5 Å². The molecule has 3 aliphatic rings. The summed E-state index contributed by atoms with van der Waals surface area (Å²) in [6, 6.07) is 9.00. The number of sulfonamides is 1. The second-order valence-corrected chi connectivity index (χ2v) is 14.1. The summed E-state index contributed by atoms with van der Waals surface area (Å²) in [5.41, 5.74) is 2.55. The minimum atomic E-state index is -3.69. The van der Waals surface area contributed by atoms with Gasteiger partial charge >= 0.3 is 0 Å². The molecule has 0 saturated heterocycles. The number of benzene rings is 2. The number of rotatable bonds is 5. The van der Waals surface area contributed by atoms with Crippen LogP contribution in [0, 0.1) is 29.1 Å². The zero-order valence-electron chi connectivity index (χ0n) is 23.1. The molecule has 3 aromatic rings. The number of aryl methyl sites for hydroxylation is 1. The van der Waals surface area contributed by atoms with Crippen LogP contribution >= 0.6 is 0 Å². The van der Waals surface area contributed by atoms with Gasteiger partial charge in [-0.1, -0.05) is 24.8 Å². The molecular weight excluding hydrogens is 528 g/mol. The van der Waals surface area contributed by atoms with E-state index in [2.05, 4.69) is 40.5 Å². The SMILES string of the molecule is CN(C)S(=O)(=O)c1ccc(NCCC#C[C@]2(O)CC[C@H]3[C@@H]4CCc5cc(O)ccc5[C@H]4CC[C@@]32C)c2nonc12. The average Bonchev–Trinajstić information content (AvgIpc) is 3.51.